The molecule has 1 aromatic carbocycles. The SMILES string of the molecule is Fc1cc(F)cc(Cc2nccc(CCl)n2)c1. The molecule has 1 heterocycles. The maximum atomic E-state index is 13.0. The van der Waals surface area contributed by atoms with Crippen LogP contribution in [0, 0.1) is 11.6 Å². The summed E-state index contributed by atoms with van der Waals surface area (Å²) in [6.45, 7) is 0. The second-order valence-electron chi connectivity index (χ2n) is 3.55. The monoisotopic (exact) mass is 254 g/mol. The fraction of sp³-hybridized carbons (Fsp3) is 0.167. The Hall–Kier alpha value is -1.55. The molecule has 0 aliphatic heterocycles. The van der Waals surface area contributed by atoms with Crippen molar-refractivity contribution in [3.05, 3.63) is 59.2 Å². The number of rotatable bonds is 3. The molecule has 0 saturated carbocycles. The molecule has 0 saturated heterocycles. The number of nitrogens with zero attached hydrogens (tertiary/aromatic N) is 2. The first-order valence-electron chi connectivity index (χ1n) is 4.99. The quantitative estimate of drug-likeness (QED) is 0.787. The standard InChI is InChI=1S/C12H9ClF2N2/c13-7-11-1-2-16-12(17-11)5-8-3-9(14)6-10(15)4-8/h1-4,6H,5,7H2. The lowest BCUT2D eigenvalue weighted by molar-refractivity contribution is 0.580. The first-order chi connectivity index (χ1) is 8.17. The molecule has 0 N–H and O–H groups in total. The van der Waals surface area contributed by atoms with E-state index >= 15 is 0 Å². The predicted octanol–water partition coefficient (Wildman–Crippen LogP) is 3.08. The molecule has 5 heteroatoms. The van der Waals surface area contributed by atoms with E-state index in [2.05, 4.69) is 9.97 Å². The van der Waals surface area contributed by atoms with Crippen LogP contribution in [0.4, 0.5) is 8.78 Å². The zero-order valence-corrected chi connectivity index (χ0v) is 9.59. The Labute approximate surface area is 102 Å². The largest absolute Gasteiger partial charge is 0.241 e. The molecule has 88 valence electrons. The van der Waals surface area contributed by atoms with Gasteiger partial charge in [-0.3, -0.25) is 0 Å². The van der Waals surface area contributed by atoms with E-state index in [0.29, 0.717) is 17.1 Å². The predicted molar refractivity (Wildman–Crippen MR) is 60.8 cm³/mol. The van der Waals surface area contributed by atoms with Crippen molar-refractivity contribution >= 4 is 11.6 Å². The molecule has 2 nitrogen and oxygen atoms in total. The Kier molecular flexibility index (Phi) is 3.64. The summed E-state index contributed by atoms with van der Waals surface area (Å²) in [5, 5.41) is 0. The minimum atomic E-state index is -0.603. The number of hydrogen-bond donors (Lipinski definition) is 0. The number of benzene rings is 1. The van der Waals surface area contributed by atoms with E-state index in [9.17, 15) is 8.78 Å². The molecular formula is C12H9ClF2N2. The number of aromatic nitrogens is 2. The summed E-state index contributed by atoms with van der Waals surface area (Å²) >= 11 is 5.64. The molecular weight excluding hydrogens is 246 g/mol. The third-order valence-electron chi connectivity index (χ3n) is 2.18. The smallest absolute Gasteiger partial charge is 0.132 e. The molecule has 2 aromatic rings. The van der Waals surface area contributed by atoms with Gasteiger partial charge in [-0.05, 0) is 23.8 Å². The molecule has 0 fully saturated rings. The summed E-state index contributed by atoms with van der Waals surface area (Å²) < 4.78 is 25.9. The van der Waals surface area contributed by atoms with Crippen LogP contribution >= 0.6 is 11.6 Å². The van der Waals surface area contributed by atoms with Gasteiger partial charge >= 0.3 is 0 Å². The van der Waals surface area contributed by atoms with Crippen molar-refractivity contribution in [3.8, 4) is 0 Å². The van der Waals surface area contributed by atoms with Crippen LogP contribution < -0.4 is 0 Å². The summed E-state index contributed by atoms with van der Waals surface area (Å²) in [6.07, 6.45) is 1.86. The molecule has 0 radical (unpaired) electrons. The van der Waals surface area contributed by atoms with Gasteiger partial charge in [0.05, 0.1) is 11.6 Å². The van der Waals surface area contributed by atoms with Gasteiger partial charge < -0.3 is 0 Å². The van der Waals surface area contributed by atoms with Gasteiger partial charge in [0.1, 0.15) is 17.5 Å². The molecule has 1 aromatic heterocycles. The molecule has 0 amide bonds. The summed E-state index contributed by atoms with van der Waals surface area (Å²) in [5.74, 6) is -0.428. The van der Waals surface area contributed by atoms with Crippen molar-refractivity contribution in [2.45, 2.75) is 12.3 Å². The van der Waals surface area contributed by atoms with E-state index < -0.39 is 11.6 Å². The third kappa shape index (κ3) is 3.20. The Morgan fingerprint density at radius 3 is 2.47 bits per heavy atom. The van der Waals surface area contributed by atoms with E-state index in [1.165, 1.54) is 12.1 Å². The van der Waals surface area contributed by atoms with E-state index in [-0.39, 0.29) is 12.3 Å². The Balaban J connectivity index is 2.24. The highest BCUT2D eigenvalue weighted by atomic mass is 35.5. The van der Waals surface area contributed by atoms with Gasteiger partial charge in [0.25, 0.3) is 0 Å². The minimum Gasteiger partial charge on any atom is -0.241 e. The van der Waals surface area contributed by atoms with Crippen LogP contribution in [0.5, 0.6) is 0 Å². The normalized spacial score (nSPS) is 10.5. The van der Waals surface area contributed by atoms with Crippen molar-refractivity contribution in [1.82, 2.24) is 9.97 Å². The van der Waals surface area contributed by atoms with Gasteiger partial charge in [0, 0.05) is 18.7 Å². The first-order valence-corrected chi connectivity index (χ1v) is 5.52. The summed E-state index contributed by atoms with van der Waals surface area (Å²) in [5.41, 5.74) is 1.18. The molecule has 0 aliphatic carbocycles. The van der Waals surface area contributed by atoms with Gasteiger partial charge in [-0.1, -0.05) is 0 Å². The summed E-state index contributed by atoms with van der Waals surface area (Å²) in [4.78, 5) is 8.19. The van der Waals surface area contributed by atoms with Gasteiger partial charge in [-0.25, -0.2) is 18.7 Å². The van der Waals surface area contributed by atoms with Gasteiger partial charge in [0.15, 0.2) is 0 Å². The van der Waals surface area contributed by atoms with Crippen LogP contribution in [0.3, 0.4) is 0 Å². The Bertz CT molecular complexity index is 511. The fourth-order valence-electron chi connectivity index (χ4n) is 1.50. The zero-order valence-electron chi connectivity index (χ0n) is 8.83. The maximum Gasteiger partial charge on any atom is 0.132 e. The fourth-order valence-corrected chi connectivity index (χ4v) is 1.65. The summed E-state index contributed by atoms with van der Waals surface area (Å²) in [7, 11) is 0. The number of alkyl halides is 1. The highest BCUT2D eigenvalue weighted by Gasteiger charge is 2.04. The number of hydrogen-bond acceptors (Lipinski definition) is 2. The summed E-state index contributed by atoms with van der Waals surface area (Å²) in [6, 6.07) is 5.06. The van der Waals surface area contributed by atoms with Gasteiger partial charge in [-0.15, -0.1) is 11.6 Å². The highest BCUT2D eigenvalue weighted by molar-refractivity contribution is 6.16. The minimum absolute atomic E-state index is 0.277. The zero-order chi connectivity index (χ0) is 12.3. The molecule has 0 atom stereocenters. The van der Waals surface area contributed by atoms with Crippen molar-refractivity contribution in [3.63, 3.8) is 0 Å². The van der Waals surface area contributed by atoms with Gasteiger partial charge in [0.2, 0.25) is 0 Å². The second kappa shape index (κ2) is 5.19. The van der Waals surface area contributed by atoms with Crippen LogP contribution in [-0.4, -0.2) is 9.97 Å². The van der Waals surface area contributed by atoms with Crippen LogP contribution in [0.2, 0.25) is 0 Å². The van der Waals surface area contributed by atoms with Crippen molar-refractivity contribution in [1.29, 1.82) is 0 Å². The van der Waals surface area contributed by atoms with Crippen molar-refractivity contribution in [2.24, 2.45) is 0 Å². The Morgan fingerprint density at radius 1 is 1.12 bits per heavy atom. The third-order valence-corrected chi connectivity index (χ3v) is 2.46. The molecule has 0 unspecified atom stereocenters. The van der Waals surface area contributed by atoms with Crippen molar-refractivity contribution < 1.29 is 8.78 Å². The molecule has 0 spiro atoms. The first kappa shape index (κ1) is 11.9. The second-order valence-corrected chi connectivity index (χ2v) is 3.82. The highest BCUT2D eigenvalue weighted by Crippen LogP contribution is 2.11. The topological polar surface area (TPSA) is 25.8 Å². The van der Waals surface area contributed by atoms with E-state index in [0.717, 1.165) is 6.07 Å². The van der Waals surface area contributed by atoms with Crippen LogP contribution in [-0.2, 0) is 12.3 Å². The number of halogens is 3. The molecule has 2 rings (SSSR count). The van der Waals surface area contributed by atoms with Crippen LogP contribution in [0.1, 0.15) is 17.1 Å². The van der Waals surface area contributed by atoms with Crippen molar-refractivity contribution in [2.75, 3.05) is 0 Å². The molecule has 17 heavy (non-hydrogen) atoms. The lowest BCUT2D eigenvalue weighted by atomic mass is 10.1. The van der Waals surface area contributed by atoms with Gasteiger partial charge in [-0.2, -0.15) is 0 Å². The average Bonchev–Trinajstić information content (AvgIpc) is 2.28. The molecule has 0 aliphatic rings. The lowest BCUT2D eigenvalue weighted by Crippen LogP contribution is -1.99. The average molecular weight is 255 g/mol. The van der Waals surface area contributed by atoms with E-state index in [4.69, 9.17) is 11.6 Å². The van der Waals surface area contributed by atoms with Crippen LogP contribution in [0.25, 0.3) is 0 Å². The maximum absolute atomic E-state index is 13.0. The molecule has 0 bridgehead atoms. The van der Waals surface area contributed by atoms with E-state index in [1.54, 1.807) is 12.3 Å². The Morgan fingerprint density at radius 2 is 1.82 bits per heavy atom. The lowest BCUT2D eigenvalue weighted by Gasteiger charge is -2.02. The van der Waals surface area contributed by atoms with Crippen LogP contribution in [0.15, 0.2) is 30.5 Å². The van der Waals surface area contributed by atoms with E-state index in [1.807, 2.05) is 0 Å².